The highest BCUT2D eigenvalue weighted by Crippen LogP contribution is 2.25. The number of anilines is 1. The molecule has 0 bridgehead atoms. The molecule has 1 heterocycles. The molecule has 3 rings (SSSR count). The molecule has 0 unspecified atom stereocenters. The Morgan fingerprint density at radius 3 is 2.55 bits per heavy atom. The average molecular weight is 276 g/mol. The summed E-state index contributed by atoms with van der Waals surface area (Å²) in [4.78, 5) is 2.21. The summed E-state index contributed by atoms with van der Waals surface area (Å²) in [5.41, 5.74) is 2.01. The first-order valence-electron chi connectivity index (χ1n) is 8.10. The lowest BCUT2D eigenvalue weighted by atomic mass is 10.1. The predicted molar refractivity (Wildman–Crippen MR) is 81.6 cm³/mol. The molecule has 110 valence electrons. The monoisotopic (exact) mass is 276 g/mol. The van der Waals surface area contributed by atoms with E-state index in [0.717, 1.165) is 25.3 Å². The van der Waals surface area contributed by atoms with E-state index in [1.54, 1.807) is 6.07 Å². The molecule has 3 heteroatoms. The first-order chi connectivity index (χ1) is 9.83. The third-order valence-corrected chi connectivity index (χ3v) is 4.66. The Bertz CT molecular complexity index is 435. The van der Waals surface area contributed by atoms with Crippen molar-refractivity contribution in [3.05, 3.63) is 29.6 Å². The molecule has 2 aliphatic rings. The molecule has 0 aromatic heterocycles. The predicted octanol–water partition coefficient (Wildman–Crippen LogP) is 3.85. The Labute approximate surface area is 121 Å². The van der Waals surface area contributed by atoms with Gasteiger partial charge in [-0.1, -0.05) is 18.9 Å². The Morgan fingerprint density at radius 2 is 1.80 bits per heavy atom. The summed E-state index contributed by atoms with van der Waals surface area (Å²) in [6.45, 7) is 2.86. The summed E-state index contributed by atoms with van der Waals surface area (Å²) >= 11 is 0. The van der Waals surface area contributed by atoms with Gasteiger partial charge in [0.25, 0.3) is 0 Å². The third-order valence-electron chi connectivity index (χ3n) is 4.66. The number of benzene rings is 1. The molecule has 1 saturated carbocycles. The van der Waals surface area contributed by atoms with E-state index in [1.807, 2.05) is 12.1 Å². The Balaban J connectivity index is 1.65. The lowest BCUT2D eigenvalue weighted by Gasteiger charge is -2.29. The molecule has 2 nitrogen and oxygen atoms in total. The molecule has 1 aromatic carbocycles. The number of rotatable bonds is 4. The third kappa shape index (κ3) is 3.32. The Morgan fingerprint density at radius 1 is 1.05 bits per heavy atom. The van der Waals surface area contributed by atoms with Crippen LogP contribution in [0.2, 0.25) is 0 Å². The van der Waals surface area contributed by atoms with Crippen molar-refractivity contribution in [1.29, 1.82) is 0 Å². The molecule has 2 fully saturated rings. The van der Waals surface area contributed by atoms with Crippen LogP contribution in [0.4, 0.5) is 10.1 Å². The molecule has 0 amide bonds. The normalized spacial score (nSPS) is 20.6. The van der Waals surface area contributed by atoms with E-state index in [9.17, 15) is 4.39 Å². The maximum Gasteiger partial charge on any atom is 0.146 e. The van der Waals surface area contributed by atoms with Gasteiger partial charge in [-0.2, -0.15) is 0 Å². The SMILES string of the molecule is Fc1ccc(CNC2CCCC2)cc1N1CCCCC1. The molecule has 1 N–H and O–H groups in total. The Kier molecular flexibility index (Phi) is 4.56. The van der Waals surface area contributed by atoms with E-state index >= 15 is 0 Å². The minimum Gasteiger partial charge on any atom is -0.369 e. The van der Waals surface area contributed by atoms with Gasteiger partial charge in [0.1, 0.15) is 5.82 Å². The molecular formula is C17H25FN2. The van der Waals surface area contributed by atoms with Crippen molar-refractivity contribution in [3.8, 4) is 0 Å². The van der Waals surface area contributed by atoms with Crippen molar-refractivity contribution in [3.63, 3.8) is 0 Å². The van der Waals surface area contributed by atoms with Crippen LogP contribution in [-0.4, -0.2) is 19.1 Å². The second kappa shape index (κ2) is 6.57. The van der Waals surface area contributed by atoms with E-state index < -0.39 is 0 Å². The molecule has 0 atom stereocenters. The van der Waals surface area contributed by atoms with Crippen LogP contribution in [-0.2, 0) is 6.54 Å². The molecule has 1 saturated heterocycles. The van der Waals surface area contributed by atoms with Gasteiger partial charge in [0.05, 0.1) is 5.69 Å². The molecule has 1 aromatic rings. The highest BCUT2D eigenvalue weighted by molar-refractivity contribution is 5.50. The van der Waals surface area contributed by atoms with Crippen molar-refractivity contribution < 1.29 is 4.39 Å². The maximum absolute atomic E-state index is 14.0. The number of piperidine rings is 1. The van der Waals surface area contributed by atoms with Crippen LogP contribution in [0.5, 0.6) is 0 Å². The standard InChI is InChI=1S/C17H25FN2/c18-16-9-8-14(13-19-15-6-2-3-7-15)12-17(16)20-10-4-1-5-11-20/h8-9,12,15,19H,1-7,10-11,13H2. The van der Waals surface area contributed by atoms with Crippen molar-refractivity contribution in [2.45, 2.75) is 57.5 Å². The van der Waals surface area contributed by atoms with Crippen LogP contribution >= 0.6 is 0 Å². The van der Waals surface area contributed by atoms with Gasteiger partial charge < -0.3 is 10.2 Å². The topological polar surface area (TPSA) is 15.3 Å². The van der Waals surface area contributed by atoms with Crippen LogP contribution in [0, 0.1) is 5.82 Å². The van der Waals surface area contributed by atoms with Crippen molar-refractivity contribution in [2.75, 3.05) is 18.0 Å². The molecule has 1 aliphatic carbocycles. The minimum atomic E-state index is -0.0727. The van der Waals surface area contributed by atoms with E-state index in [4.69, 9.17) is 0 Å². The number of nitrogens with zero attached hydrogens (tertiary/aromatic N) is 1. The van der Waals surface area contributed by atoms with Crippen LogP contribution < -0.4 is 10.2 Å². The van der Waals surface area contributed by atoms with Crippen LogP contribution in [0.25, 0.3) is 0 Å². The number of nitrogens with one attached hydrogen (secondary N) is 1. The first kappa shape index (κ1) is 13.9. The molecule has 0 spiro atoms. The van der Waals surface area contributed by atoms with Gasteiger partial charge in [0.2, 0.25) is 0 Å². The fourth-order valence-electron chi connectivity index (χ4n) is 3.44. The second-order valence-electron chi connectivity index (χ2n) is 6.20. The molecule has 0 radical (unpaired) electrons. The van der Waals surface area contributed by atoms with Gasteiger partial charge in [0.15, 0.2) is 0 Å². The van der Waals surface area contributed by atoms with Crippen molar-refractivity contribution in [1.82, 2.24) is 5.32 Å². The molecule has 20 heavy (non-hydrogen) atoms. The summed E-state index contributed by atoms with van der Waals surface area (Å²) in [5, 5.41) is 3.61. The highest BCUT2D eigenvalue weighted by Gasteiger charge is 2.17. The highest BCUT2D eigenvalue weighted by atomic mass is 19.1. The van der Waals surface area contributed by atoms with E-state index in [-0.39, 0.29) is 5.82 Å². The summed E-state index contributed by atoms with van der Waals surface area (Å²) in [7, 11) is 0. The lowest BCUT2D eigenvalue weighted by Crippen LogP contribution is -2.30. The zero-order valence-corrected chi connectivity index (χ0v) is 12.2. The van der Waals surface area contributed by atoms with E-state index in [2.05, 4.69) is 10.2 Å². The van der Waals surface area contributed by atoms with Crippen LogP contribution in [0.1, 0.15) is 50.5 Å². The fourth-order valence-corrected chi connectivity index (χ4v) is 3.44. The first-order valence-corrected chi connectivity index (χ1v) is 8.10. The van der Waals surface area contributed by atoms with Crippen LogP contribution in [0.15, 0.2) is 18.2 Å². The zero-order valence-electron chi connectivity index (χ0n) is 12.2. The van der Waals surface area contributed by atoms with Gasteiger partial charge in [0, 0.05) is 25.7 Å². The average Bonchev–Trinajstić information content (AvgIpc) is 3.01. The smallest absolute Gasteiger partial charge is 0.146 e. The summed E-state index contributed by atoms with van der Waals surface area (Å²) in [5.74, 6) is -0.0727. The number of hydrogen-bond acceptors (Lipinski definition) is 2. The quantitative estimate of drug-likeness (QED) is 0.898. The zero-order chi connectivity index (χ0) is 13.8. The second-order valence-corrected chi connectivity index (χ2v) is 6.20. The molecule has 1 aliphatic heterocycles. The van der Waals surface area contributed by atoms with E-state index in [0.29, 0.717) is 6.04 Å². The lowest BCUT2D eigenvalue weighted by molar-refractivity contribution is 0.522. The maximum atomic E-state index is 14.0. The van der Waals surface area contributed by atoms with Gasteiger partial charge >= 0.3 is 0 Å². The summed E-state index contributed by atoms with van der Waals surface area (Å²) in [6, 6.07) is 6.27. The Hall–Kier alpha value is -1.09. The summed E-state index contributed by atoms with van der Waals surface area (Å²) < 4.78 is 14.0. The van der Waals surface area contributed by atoms with Gasteiger partial charge in [-0.25, -0.2) is 4.39 Å². The van der Waals surface area contributed by atoms with Crippen molar-refractivity contribution in [2.24, 2.45) is 0 Å². The fraction of sp³-hybridized carbons (Fsp3) is 0.647. The van der Waals surface area contributed by atoms with Gasteiger partial charge in [-0.05, 0) is 49.8 Å². The minimum absolute atomic E-state index is 0.0727. The van der Waals surface area contributed by atoms with E-state index in [1.165, 1.54) is 50.5 Å². The van der Waals surface area contributed by atoms with Crippen molar-refractivity contribution >= 4 is 5.69 Å². The van der Waals surface area contributed by atoms with Crippen LogP contribution in [0.3, 0.4) is 0 Å². The number of hydrogen-bond donors (Lipinski definition) is 1. The number of halogens is 1. The van der Waals surface area contributed by atoms with Gasteiger partial charge in [-0.3, -0.25) is 0 Å². The summed E-state index contributed by atoms with van der Waals surface area (Å²) in [6.07, 6.45) is 8.93. The largest absolute Gasteiger partial charge is 0.369 e. The van der Waals surface area contributed by atoms with Gasteiger partial charge in [-0.15, -0.1) is 0 Å². The molecular weight excluding hydrogens is 251 g/mol.